The van der Waals surface area contributed by atoms with E-state index in [2.05, 4.69) is 35.0 Å². The van der Waals surface area contributed by atoms with Crippen LogP contribution in [-0.4, -0.2) is 32.5 Å². The Kier molecular flexibility index (Phi) is 6.45. The summed E-state index contributed by atoms with van der Waals surface area (Å²) in [6.07, 6.45) is 0. The van der Waals surface area contributed by atoms with Gasteiger partial charge in [-0.15, -0.1) is 0 Å². The van der Waals surface area contributed by atoms with Crippen LogP contribution >= 0.6 is 0 Å². The smallest absolute Gasteiger partial charge is 0.127 e. The average Bonchev–Trinajstić information content (AvgIpc) is 2.41. The zero-order valence-corrected chi connectivity index (χ0v) is 12.0. The number of amidine groups is 1. The van der Waals surface area contributed by atoms with E-state index in [-0.39, 0.29) is 5.82 Å². The van der Waals surface area contributed by atoms with Crippen molar-refractivity contribution in [2.45, 2.75) is 19.9 Å². The van der Waals surface area contributed by atoms with Crippen molar-refractivity contribution in [1.82, 2.24) is 16.2 Å². The van der Waals surface area contributed by atoms with E-state index < -0.39 is 0 Å². The zero-order valence-electron chi connectivity index (χ0n) is 12.0. The van der Waals surface area contributed by atoms with E-state index in [1.54, 1.807) is 19.2 Å². The van der Waals surface area contributed by atoms with Crippen LogP contribution in [0.5, 0.6) is 0 Å². The van der Waals surface area contributed by atoms with Gasteiger partial charge in [0.25, 0.3) is 0 Å². The molecule has 0 amide bonds. The molecule has 1 unspecified atom stereocenters. The summed E-state index contributed by atoms with van der Waals surface area (Å²) in [5.41, 5.74) is 6.99. The number of rotatable bonds is 6. The molecule has 3 N–H and O–H groups in total. The molecule has 2 atom stereocenters. The third kappa shape index (κ3) is 4.96. The number of halogens is 1. The predicted octanol–water partition coefficient (Wildman–Crippen LogP) is 1.54. The molecule has 5 heteroatoms. The molecule has 0 fully saturated rings. The van der Waals surface area contributed by atoms with Crippen molar-refractivity contribution in [2.24, 2.45) is 10.9 Å². The number of nitrogens with zero attached hydrogens (tertiary/aromatic N) is 1. The predicted molar refractivity (Wildman–Crippen MR) is 77.7 cm³/mol. The molecule has 0 radical (unpaired) electrons. The fourth-order valence-electron chi connectivity index (χ4n) is 1.72. The van der Waals surface area contributed by atoms with E-state index in [0.717, 1.165) is 17.9 Å². The topological polar surface area (TPSA) is 48.5 Å². The largest absolute Gasteiger partial charge is 0.370 e. The van der Waals surface area contributed by atoms with Crippen LogP contribution in [0.2, 0.25) is 0 Å². The molecule has 0 spiro atoms. The summed E-state index contributed by atoms with van der Waals surface area (Å²) in [5, 5.41) is 3.30. The lowest BCUT2D eigenvalue weighted by Crippen LogP contribution is -2.44. The van der Waals surface area contributed by atoms with E-state index in [1.165, 1.54) is 12.1 Å². The highest BCUT2D eigenvalue weighted by Crippen LogP contribution is 2.05. The third-order valence-corrected chi connectivity index (χ3v) is 3.16. The Labute approximate surface area is 114 Å². The van der Waals surface area contributed by atoms with Crippen LogP contribution in [0.1, 0.15) is 19.4 Å². The van der Waals surface area contributed by atoms with E-state index in [1.807, 2.05) is 7.05 Å². The van der Waals surface area contributed by atoms with Crippen molar-refractivity contribution in [3.8, 4) is 0 Å². The molecular weight excluding hydrogens is 243 g/mol. The van der Waals surface area contributed by atoms with Gasteiger partial charge in [0.2, 0.25) is 0 Å². The Morgan fingerprint density at radius 2 is 1.89 bits per heavy atom. The van der Waals surface area contributed by atoms with Gasteiger partial charge < -0.3 is 5.32 Å². The number of hydrazine groups is 1. The maximum absolute atomic E-state index is 12.9. The Balaban J connectivity index is 2.57. The first-order chi connectivity index (χ1) is 9.08. The molecule has 19 heavy (non-hydrogen) atoms. The van der Waals surface area contributed by atoms with Gasteiger partial charge in [0, 0.05) is 25.2 Å². The van der Waals surface area contributed by atoms with Gasteiger partial charge in [-0.3, -0.25) is 15.8 Å². The molecule has 1 aromatic rings. The maximum atomic E-state index is 12.9. The Bertz CT molecular complexity index is 402. The fourth-order valence-corrected chi connectivity index (χ4v) is 1.72. The van der Waals surface area contributed by atoms with Crippen LogP contribution in [-0.2, 0) is 0 Å². The standard InChI is InChI=1S/C14H23FN4/c1-10(11(2)19-17-4)9-18-14(16-3)12-5-7-13(15)8-6-12/h5-8,10-11,17,19H,9H2,1-4H3,(H,16,18)/t10?,11-/m1/s1. The number of aliphatic imine (C=N–C) groups is 1. The molecule has 0 aromatic heterocycles. The first kappa shape index (κ1) is 15.6. The van der Waals surface area contributed by atoms with E-state index >= 15 is 0 Å². The van der Waals surface area contributed by atoms with Crippen LogP contribution in [0.4, 0.5) is 4.39 Å². The Hall–Kier alpha value is -1.46. The molecule has 0 bridgehead atoms. The van der Waals surface area contributed by atoms with Crippen LogP contribution < -0.4 is 16.2 Å². The molecule has 0 aliphatic heterocycles. The molecule has 1 rings (SSSR count). The second-order valence-electron chi connectivity index (χ2n) is 4.62. The van der Waals surface area contributed by atoms with Gasteiger partial charge in [-0.1, -0.05) is 6.92 Å². The van der Waals surface area contributed by atoms with Crippen LogP contribution in [0.25, 0.3) is 0 Å². The number of nitrogens with one attached hydrogen (secondary N) is 3. The maximum Gasteiger partial charge on any atom is 0.127 e. The fraction of sp³-hybridized carbons (Fsp3) is 0.500. The van der Waals surface area contributed by atoms with Crippen molar-refractivity contribution >= 4 is 5.84 Å². The minimum atomic E-state index is -0.237. The molecule has 0 aliphatic carbocycles. The monoisotopic (exact) mass is 266 g/mol. The van der Waals surface area contributed by atoms with Crippen molar-refractivity contribution < 1.29 is 4.39 Å². The number of hydrogen-bond acceptors (Lipinski definition) is 3. The van der Waals surface area contributed by atoms with Gasteiger partial charge in [0.1, 0.15) is 11.7 Å². The minimum absolute atomic E-state index is 0.237. The Morgan fingerprint density at radius 3 is 2.42 bits per heavy atom. The molecule has 106 valence electrons. The van der Waals surface area contributed by atoms with Crippen LogP contribution in [0.3, 0.4) is 0 Å². The molecule has 0 heterocycles. The highest BCUT2D eigenvalue weighted by molar-refractivity contribution is 5.98. The SMILES string of the molecule is CN=C(NCC(C)[C@@H](C)NNC)c1ccc(F)cc1. The van der Waals surface area contributed by atoms with Crippen molar-refractivity contribution in [3.05, 3.63) is 35.6 Å². The summed E-state index contributed by atoms with van der Waals surface area (Å²) in [6.45, 7) is 5.06. The first-order valence-electron chi connectivity index (χ1n) is 6.47. The summed E-state index contributed by atoms with van der Waals surface area (Å²) >= 11 is 0. The van der Waals surface area contributed by atoms with E-state index in [4.69, 9.17) is 0 Å². The van der Waals surface area contributed by atoms with Crippen molar-refractivity contribution in [1.29, 1.82) is 0 Å². The van der Waals surface area contributed by atoms with Crippen LogP contribution in [0, 0.1) is 11.7 Å². The molecule has 0 saturated carbocycles. The third-order valence-electron chi connectivity index (χ3n) is 3.16. The van der Waals surface area contributed by atoms with Crippen LogP contribution in [0.15, 0.2) is 29.3 Å². The molecule has 1 aromatic carbocycles. The molecular formula is C14H23FN4. The van der Waals surface area contributed by atoms with Crippen molar-refractivity contribution in [2.75, 3.05) is 20.6 Å². The first-order valence-corrected chi connectivity index (χ1v) is 6.47. The summed E-state index contributed by atoms with van der Waals surface area (Å²) in [5.74, 6) is 0.965. The highest BCUT2D eigenvalue weighted by atomic mass is 19.1. The van der Waals surface area contributed by atoms with Gasteiger partial charge in [-0.25, -0.2) is 4.39 Å². The number of benzene rings is 1. The molecule has 0 saturated heterocycles. The Morgan fingerprint density at radius 1 is 1.26 bits per heavy atom. The summed E-state index contributed by atoms with van der Waals surface area (Å²) in [4.78, 5) is 4.21. The lowest BCUT2D eigenvalue weighted by Gasteiger charge is -2.22. The summed E-state index contributed by atoms with van der Waals surface area (Å²) in [6, 6.07) is 6.67. The quantitative estimate of drug-likeness (QED) is 0.416. The van der Waals surface area contributed by atoms with Gasteiger partial charge in [-0.2, -0.15) is 0 Å². The van der Waals surface area contributed by atoms with Gasteiger partial charge >= 0.3 is 0 Å². The molecule has 4 nitrogen and oxygen atoms in total. The minimum Gasteiger partial charge on any atom is -0.370 e. The zero-order chi connectivity index (χ0) is 14.3. The van der Waals surface area contributed by atoms with Gasteiger partial charge in [0.15, 0.2) is 0 Å². The van der Waals surface area contributed by atoms with E-state index in [9.17, 15) is 4.39 Å². The average molecular weight is 266 g/mol. The summed E-state index contributed by atoms with van der Waals surface area (Å²) in [7, 11) is 3.58. The lowest BCUT2D eigenvalue weighted by molar-refractivity contribution is 0.368. The summed E-state index contributed by atoms with van der Waals surface area (Å²) < 4.78 is 12.9. The second-order valence-corrected chi connectivity index (χ2v) is 4.62. The lowest BCUT2D eigenvalue weighted by atomic mass is 10.0. The molecule has 0 aliphatic rings. The second kappa shape index (κ2) is 7.86. The van der Waals surface area contributed by atoms with E-state index in [0.29, 0.717) is 12.0 Å². The highest BCUT2D eigenvalue weighted by Gasteiger charge is 2.12. The van der Waals surface area contributed by atoms with Gasteiger partial charge in [0.05, 0.1) is 0 Å². The number of hydrogen-bond donors (Lipinski definition) is 3. The van der Waals surface area contributed by atoms with Crippen molar-refractivity contribution in [3.63, 3.8) is 0 Å². The normalized spacial score (nSPS) is 15.1. The van der Waals surface area contributed by atoms with Gasteiger partial charge in [-0.05, 0) is 44.2 Å².